The van der Waals surface area contributed by atoms with Crippen LogP contribution in [0.3, 0.4) is 0 Å². The largest absolute Gasteiger partial charge is 0.450 e. The van der Waals surface area contributed by atoms with Crippen LogP contribution in [-0.4, -0.2) is 25.2 Å². The van der Waals surface area contributed by atoms with Crippen LogP contribution in [0.25, 0.3) is 11.0 Å². The van der Waals surface area contributed by atoms with Gasteiger partial charge in [0.15, 0.2) is 5.76 Å². The van der Waals surface area contributed by atoms with Crippen LogP contribution in [-0.2, 0) is 0 Å². The molecule has 5 nitrogen and oxygen atoms in total. The highest BCUT2D eigenvalue weighted by Crippen LogP contribution is 2.31. The van der Waals surface area contributed by atoms with Crippen molar-refractivity contribution in [2.24, 2.45) is 5.10 Å². The molecule has 1 amide bonds. The summed E-state index contributed by atoms with van der Waals surface area (Å²) in [5, 5.41) is 4.87. The first-order valence-corrected chi connectivity index (χ1v) is 10.3. The van der Waals surface area contributed by atoms with Crippen molar-refractivity contribution in [2.75, 3.05) is 18.0 Å². The van der Waals surface area contributed by atoms with Crippen molar-refractivity contribution in [3.63, 3.8) is 0 Å². The van der Waals surface area contributed by atoms with E-state index in [0.29, 0.717) is 5.58 Å². The van der Waals surface area contributed by atoms with Gasteiger partial charge in [-0.2, -0.15) is 5.10 Å². The maximum atomic E-state index is 12.3. The van der Waals surface area contributed by atoms with Gasteiger partial charge in [0, 0.05) is 28.6 Å². The average molecular weight is 491 g/mol. The molecule has 0 spiro atoms. The van der Waals surface area contributed by atoms with Crippen LogP contribution in [0.15, 0.2) is 60.9 Å². The number of carbonyl (C=O) groups is 1. The molecule has 0 saturated carbocycles. The van der Waals surface area contributed by atoms with Crippen LogP contribution in [0, 0.1) is 0 Å². The Kier molecular flexibility index (Phi) is 5.31. The summed E-state index contributed by atoms with van der Waals surface area (Å²) >= 11 is 6.86. The molecule has 4 rings (SSSR count). The number of carbonyl (C=O) groups excluding carboxylic acids is 1. The molecule has 1 N–H and O–H groups in total. The molecular formula is C20H17Br2N3O2. The van der Waals surface area contributed by atoms with Crippen molar-refractivity contribution < 1.29 is 9.21 Å². The van der Waals surface area contributed by atoms with Crippen LogP contribution in [0.5, 0.6) is 0 Å². The number of fused-ring (bicyclic) bond motifs is 1. The molecule has 1 saturated heterocycles. The number of nitrogens with zero attached hydrogens (tertiary/aromatic N) is 2. The second kappa shape index (κ2) is 7.86. The predicted molar refractivity (Wildman–Crippen MR) is 115 cm³/mol. The van der Waals surface area contributed by atoms with Gasteiger partial charge in [0.25, 0.3) is 0 Å². The highest BCUT2D eigenvalue weighted by atomic mass is 79.9. The third-order valence-electron chi connectivity index (χ3n) is 4.50. The number of hydrogen-bond acceptors (Lipinski definition) is 4. The number of nitrogens with one attached hydrogen (secondary N) is 1. The van der Waals surface area contributed by atoms with E-state index in [1.807, 2.05) is 24.3 Å². The van der Waals surface area contributed by atoms with Crippen molar-refractivity contribution >= 4 is 60.6 Å². The summed E-state index contributed by atoms with van der Waals surface area (Å²) in [5.41, 5.74) is 5.30. The molecular weight excluding hydrogens is 474 g/mol. The monoisotopic (exact) mass is 489 g/mol. The van der Waals surface area contributed by atoms with Gasteiger partial charge in [-0.05, 0) is 64.7 Å². The molecule has 7 heteroatoms. The van der Waals surface area contributed by atoms with E-state index < -0.39 is 0 Å². The Hall–Kier alpha value is -2.12. The molecule has 0 unspecified atom stereocenters. The summed E-state index contributed by atoms with van der Waals surface area (Å²) in [6.45, 7) is 2.24. The third kappa shape index (κ3) is 4.09. The number of halogens is 2. The fourth-order valence-corrected chi connectivity index (χ4v) is 4.49. The maximum Gasteiger partial charge on any atom is 0.307 e. The highest BCUT2D eigenvalue weighted by Gasteiger charge is 2.14. The molecule has 2 heterocycles. The van der Waals surface area contributed by atoms with E-state index in [1.54, 1.807) is 12.3 Å². The molecule has 1 aromatic heterocycles. The number of hydrazone groups is 1. The molecule has 0 radical (unpaired) electrons. The van der Waals surface area contributed by atoms with Gasteiger partial charge in [0.05, 0.1) is 10.7 Å². The molecule has 1 aliphatic heterocycles. The number of hydrogen-bond donors (Lipinski definition) is 1. The lowest BCUT2D eigenvalue weighted by molar-refractivity contribution is 0.0929. The molecule has 0 atom stereocenters. The smallest absolute Gasteiger partial charge is 0.307 e. The molecule has 3 aromatic rings. The van der Waals surface area contributed by atoms with Crippen LogP contribution in [0.4, 0.5) is 5.69 Å². The minimum Gasteiger partial charge on any atom is -0.450 e. The summed E-state index contributed by atoms with van der Waals surface area (Å²) in [6, 6.07) is 13.6. The van der Waals surface area contributed by atoms with Gasteiger partial charge >= 0.3 is 5.91 Å². The number of rotatable bonds is 4. The highest BCUT2D eigenvalue weighted by molar-refractivity contribution is 9.11. The Morgan fingerprint density at radius 3 is 2.59 bits per heavy atom. The molecule has 1 aliphatic rings. The Bertz CT molecular complexity index is 1010. The van der Waals surface area contributed by atoms with Crippen molar-refractivity contribution in [2.45, 2.75) is 12.8 Å². The van der Waals surface area contributed by atoms with E-state index in [-0.39, 0.29) is 11.7 Å². The van der Waals surface area contributed by atoms with E-state index in [9.17, 15) is 4.79 Å². The number of furan rings is 1. The van der Waals surface area contributed by atoms with Gasteiger partial charge in [-0.3, -0.25) is 4.79 Å². The van der Waals surface area contributed by atoms with Crippen LogP contribution in [0.2, 0.25) is 0 Å². The van der Waals surface area contributed by atoms with Crippen molar-refractivity contribution in [1.29, 1.82) is 0 Å². The quantitative estimate of drug-likeness (QED) is 0.397. The molecule has 27 heavy (non-hydrogen) atoms. The van der Waals surface area contributed by atoms with Crippen LogP contribution >= 0.6 is 31.9 Å². The standard InChI is InChI=1S/C20H17Br2N3O2/c21-15-9-14-10-18(27-19(14)17(22)11-15)20(26)24-23-12-13-3-5-16(6-4-13)25-7-1-2-8-25/h3-6,9-12H,1-2,7-8H2,(H,24,26)/b23-12-. The van der Waals surface area contributed by atoms with Gasteiger partial charge in [0.2, 0.25) is 0 Å². The first-order chi connectivity index (χ1) is 13.1. The summed E-state index contributed by atoms with van der Waals surface area (Å²) in [6.07, 6.45) is 4.13. The molecule has 138 valence electrons. The first kappa shape index (κ1) is 18.3. The first-order valence-electron chi connectivity index (χ1n) is 8.67. The minimum absolute atomic E-state index is 0.213. The lowest BCUT2D eigenvalue weighted by atomic mass is 10.2. The Morgan fingerprint density at radius 2 is 1.85 bits per heavy atom. The van der Waals surface area contributed by atoms with E-state index in [0.717, 1.165) is 33.0 Å². The Balaban J connectivity index is 1.42. The lowest BCUT2D eigenvalue weighted by Crippen LogP contribution is -2.17. The second-order valence-corrected chi connectivity index (χ2v) is 8.17. The Morgan fingerprint density at radius 1 is 1.11 bits per heavy atom. The van der Waals surface area contributed by atoms with E-state index in [1.165, 1.54) is 18.5 Å². The van der Waals surface area contributed by atoms with Gasteiger partial charge in [-0.15, -0.1) is 0 Å². The summed E-state index contributed by atoms with van der Waals surface area (Å²) in [5.74, 6) is -0.176. The number of benzene rings is 2. The van der Waals surface area contributed by atoms with Gasteiger partial charge in [-0.25, -0.2) is 5.43 Å². The van der Waals surface area contributed by atoms with E-state index >= 15 is 0 Å². The predicted octanol–water partition coefficient (Wildman–Crippen LogP) is 5.32. The van der Waals surface area contributed by atoms with Crippen molar-refractivity contribution in [1.82, 2.24) is 5.43 Å². The van der Waals surface area contributed by atoms with Crippen LogP contribution in [0.1, 0.15) is 29.0 Å². The molecule has 0 aliphatic carbocycles. The summed E-state index contributed by atoms with van der Waals surface area (Å²) in [4.78, 5) is 14.7. The lowest BCUT2D eigenvalue weighted by Gasteiger charge is -2.17. The Labute approximate surface area is 173 Å². The number of amides is 1. The minimum atomic E-state index is -0.390. The molecule has 0 bridgehead atoms. The SMILES string of the molecule is O=C(N/N=C\c1ccc(N2CCCC2)cc1)c1cc2cc(Br)cc(Br)c2o1. The van der Waals surface area contributed by atoms with Crippen molar-refractivity contribution in [3.05, 3.63) is 62.7 Å². The fraction of sp³-hybridized carbons (Fsp3) is 0.200. The average Bonchev–Trinajstić information content (AvgIpc) is 3.32. The third-order valence-corrected chi connectivity index (χ3v) is 5.55. The van der Waals surface area contributed by atoms with Crippen molar-refractivity contribution in [3.8, 4) is 0 Å². The van der Waals surface area contributed by atoms with Gasteiger partial charge < -0.3 is 9.32 Å². The zero-order valence-corrected chi connectivity index (χ0v) is 17.6. The van der Waals surface area contributed by atoms with E-state index in [2.05, 4.69) is 59.4 Å². The molecule has 2 aromatic carbocycles. The zero-order valence-electron chi connectivity index (χ0n) is 14.4. The van der Waals surface area contributed by atoms with Crippen LogP contribution < -0.4 is 10.3 Å². The normalized spacial score (nSPS) is 14.4. The van der Waals surface area contributed by atoms with E-state index in [4.69, 9.17) is 4.42 Å². The zero-order chi connectivity index (χ0) is 18.8. The maximum absolute atomic E-state index is 12.3. The summed E-state index contributed by atoms with van der Waals surface area (Å²) < 4.78 is 7.32. The second-order valence-electron chi connectivity index (χ2n) is 6.40. The topological polar surface area (TPSA) is 57.8 Å². The van der Waals surface area contributed by atoms with Gasteiger partial charge in [0.1, 0.15) is 5.58 Å². The summed E-state index contributed by atoms with van der Waals surface area (Å²) in [7, 11) is 0. The fourth-order valence-electron chi connectivity index (χ4n) is 3.15. The number of anilines is 1. The van der Waals surface area contributed by atoms with Gasteiger partial charge in [-0.1, -0.05) is 28.1 Å². The molecule has 1 fully saturated rings.